The fourth-order valence-electron chi connectivity index (χ4n) is 3.63. The average molecular weight is 418 g/mol. The zero-order valence-corrected chi connectivity index (χ0v) is 17.3. The Bertz CT molecular complexity index is 1330. The number of Topliss-reactive ketones (excluding diaryl/α,β-unsaturated/α-hetero) is 1. The van der Waals surface area contributed by atoms with Crippen molar-refractivity contribution in [3.05, 3.63) is 59.7 Å². The number of likely N-dealkylation sites (N-methyl/N-ethyl adjacent to an activating group) is 1. The first kappa shape index (κ1) is 18.6. The highest BCUT2D eigenvalue weighted by atomic mass is 32.2. The third kappa shape index (κ3) is 3.00. The molecule has 5 rings (SSSR count). The molecule has 4 aromatic rings. The van der Waals surface area contributed by atoms with E-state index in [4.69, 9.17) is 4.74 Å². The van der Waals surface area contributed by atoms with Crippen LogP contribution in [0.3, 0.4) is 0 Å². The lowest BCUT2D eigenvalue weighted by molar-refractivity contribution is -0.120. The highest BCUT2D eigenvalue weighted by Gasteiger charge is 2.23. The minimum atomic E-state index is -0.140. The number of hydrogen-bond acceptors (Lipinski definition) is 6. The maximum Gasteiger partial charge on any atom is 0.264 e. The van der Waals surface area contributed by atoms with Crippen molar-refractivity contribution in [2.45, 2.75) is 12.1 Å². The molecule has 0 saturated carbocycles. The Morgan fingerprint density at radius 3 is 2.87 bits per heavy atom. The summed E-state index contributed by atoms with van der Waals surface area (Å²) in [6.45, 7) is 2.06. The van der Waals surface area contributed by atoms with E-state index in [9.17, 15) is 9.59 Å². The van der Waals surface area contributed by atoms with Crippen LogP contribution in [0.15, 0.2) is 53.7 Å². The molecule has 30 heavy (non-hydrogen) atoms. The SMILES string of the molecule is Cc1cc2nnc(SCC(=O)c3ccc4c(c3)N(C)C(=O)CO4)n2c2ccccc12. The van der Waals surface area contributed by atoms with Gasteiger partial charge in [-0.15, -0.1) is 10.2 Å². The summed E-state index contributed by atoms with van der Waals surface area (Å²) in [6, 6.07) is 15.2. The molecule has 7 nitrogen and oxygen atoms in total. The number of pyridine rings is 1. The molecule has 2 aromatic heterocycles. The summed E-state index contributed by atoms with van der Waals surface area (Å²) >= 11 is 1.35. The van der Waals surface area contributed by atoms with Crippen molar-refractivity contribution in [1.82, 2.24) is 14.6 Å². The van der Waals surface area contributed by atoms with Crippen LogP contribution in [0.25, 0.3) is 16.6 Å². The molecular weight excluding hydrogens is 400 g/mol. The van der Waals surface area contributed by atoms with E-state index in [-0.39, 0.29) is 24.1 Å². The van der Waals surface area contributed by atoms with Gasteiger partial charge in [-0.1, -0.05) is 30.0 Å². The van der Waals surface area contributed by atoms with Gasteiger partial charge in [-0.25, -0.2) is 0 Å². The number of carbonyl (C=O) groups excluding carboxylic acids is 2. The van der Waals surface area contributed by atoms with Crippen LogP contribution in [-0.2, 0) is 4.79 Å². The number of fused-ring (bicyclic) bond motifs is 4. The van der Waals surface area contributed by atoms with Crippen molar-refractivity contribution in [2.75, 3.05) is 24.3 Å². The third-order valence-corrected chi connectivity index (χ3v) is 6.20. The molecule has 0 unspecified atom stereocenters. The van der Waals surface area contributed by atoms with Crippen molar-refractivity contribution in [3.8, 4) is 5.75 Å². The Morgan fingerprint density at radius 1 is 1.17 bits per heavy atom. The summed E-state index contributed by atoms with van der Waals surface area (Å²) in [5.74, 6) is 0.618. The van der Waals surface area contributed by atoms with Gasteiger partial charge in [-0.2, -0.15) is 0 Å². The van der Waals surface area contributed by atoms with Crippen molar-refractivity contribution >= 4 is 45.7 Å². The number of anilines is 1. The molecule has 1 amide bonds. The lowest BCUT2D eigenvalue weighted by Crippen LogP contribution is -2.35. The van der Waals surface area contributed by atoms with Crippen molar-refractivity contribution in [1.29, 1.82) is 0 Å². The Morgan fingerprint density at radius 2 is 2.00 bits per heavy atom. The molecule has 0 radical (unpaired) electrons. The topological polar surface area (TPSA) is 76.8 Å². The minimum Gasteiger partial charge on any atom is -0.482 e. The summed E-state index contributed by atoms with van der Waals surface area (Å²) in [5.41, 5.74) is 4.04. The standard InChI is InChI=1S/C22H18N4O3S/c1-13-9-20-23-24-22(26(20)16-6-4-3-5-15(13)16)30-12-18(27)14-7-8-19-17(10-14)25(2)21(28)11-29-19/h3-10H,11-12H2,1-2H3. The van der Waals surface area contributed by atoms with Crippen molar-refractivity contribution in [2.24, 2.45) is 0 Å². The third-order valence-electron chi connectivity index (χ3n) is 5.27. The number of ketones is 1. The van der Waals surface area contributed by atoms with Crippen LogP contribution in [0, 0.1) is 6.92 Å². The summed E-state index contributed by atoms with van der Waals surface area (Å²) in [5, 5.41) is 10.4. The smallest absolute Gasteiger partial charge is 0.264 e. The predicted octanol–water partition coefficient (Wildman–Crippen LogP) is 3.52. The van der Waals surface area contributed by atoms with Gasteiger partial charge in [0, 0.05) is 18.0 Å². The van der Waals surface area contributed by atoms with Gasteiger partial charge in [0.2, 0.25) is 0 Å². The number of aryl methyl sites for hydroxylation is 1. The second kappa shape index (κ2) is 7.14. The van der Waals surface area contributed by atoms with Crippen molar-refractivity contribution < 1.29 is 14.3 Å². The first-order valence-electron chi connectivity index (χ1n) is 9.46. The molecule has 1 aliphatic heterocycles. The van der Waals surface area contributed by atoms with E-state index < -0.39 is 0 Å². The first-order chi connectivity index (χ1) is 14.5. The summed E-state index contributed by atoms with van der Waals surface area (Å²) < 4.78 is 7.41. The predicted molar refractivity (Wildman–Crippen MR) is 116 cm³/mol. The summed E-state index contributed by atoms with van der Waals surface area (Å²) in [6.07, 6.45) is 0. The molecule has 1 aliphatic rings. The van der Waals surface area contributed by atoms with E-state index in [1.165, 1.54) is 16.7 Å². The number of amides is 1. The van der Waals surface area contributed by atoms with Crippen LogP contribution < -0.4 is 9.64 Å². The highest BCUT2D eigenvalue weighted by molar-refractivity contribution is 7.99. The number of aromatic nitrogens is 3. The number of carbonyl (C=O) groups is 2. The van der Waals surface area contributed by atoms with Gasteiger partial charge in [0.05, 0.1) is 17.0 Å². The Hall–Kier alpha value is -3.39. The van der Waals surface area contributed by atoms with Gasteiger partial charge < -0.3 is 9.64 Å². The largest absolute Gasteiger partial charge is 0.482 e. The number of ether oxygens (including phenoxy) is 1. The molecule has 150 valence electrons. The van der Waals surface area contributed by atoms with Crippen LogP contribution in [0.1, 0.15) is 15.9 Å². The maximum absolute atomic E-state index is 12.8. The maximum atomic E-state index is 12.8. The Kier molecular flexibility index (Phi) is 4.43. The molecule has 3 heterocycles. The Labute approximate surface area is 176 Å². The summed E-state index contributed by atoms with van der Waals surface area (Å²) in [7, 11) is 1.68. The number of para-hydroxylation sites is 1. The minimum absolute atomic E-state index is 0.0139. The number of benzene rings is 2. The second-order valence-corrected chi connectivity index (χ2v) is 8.10. The van der Waals surface area contributed by atoms with E-state index in [1.807, 2.05) is 28.7 Å². The highest BCUT2D eigenvalue weighted by Crippen LogP contribution is 2.33. The first-order valence-corrected chi connectivity index (χ1v) is 10.4. The molecule has 0 fully saturated rings. The molecule has 0 saturated heterocycles. The van der Waals surface area contributed by atoms with Crippen molar-refractivity contribution in [3.63, 3.8) is 0 Å². The van der Waals surface area contributed by atoms with Gasteiger partial charge in [0.1, 0.15) is 5.75 Å². The molecule has 0 spiro atoms. The Balaban J connectivity index is 1.43. The van der Waals surface area contributed by atoms with E-state index in [2.05, 4.69) is 23.2 Å². The van der Waals surface area contributed by atoms with Crippen LogP contribution >= 0.6 is 11.8 Å². The lowest BCUT2D eigenvalue weighted by Gasteiger charge is -2.26. The number of thioether (sulfide) groups is 1. The van der Waals surface area contributed by atoms with Crippen LogP contribution in [0.2, 0.25) is 0 Å². The van der Waals surface area contributed by atoms with E-state index in [0.717, 1.165) is 22.1 Å². The van der Waals surface area contributed by atoms with Gasteiger partial charge >= 0.3 is 0 Å². The fourth-order valence-corrected chi connectivity index (χ4v) is 4.47. The number of nitrogens with zero attached hydrogens (tertiary/aromatic N) is 4. The molecule has 2 aromatic carbocycles. The van der Waals surface area contributed by atoms with E-state index >= 15 is 0 Å². The molecular formula is C22H18N4O3S. The molecule has 0 atom stereocenters. The van der Waals surface area contributed by atoms with Gasteiger partial charge in [0.15, 0.2) is 23.2 Å². The normalized spacial score (nSPS) is 13.5. The molecule has 0 N–H and O–H groups in total. The number of rotatable bonds is 4. The zero-order valence-electron chi connectivity index (χ0n) is 16.5. The van der Waals surface area contributed by atoms with E-state index in [0.29, 0.717) is 22.2 Å². The van der Waals surface area contributed by atoms with Gasteiger partial charge in [0.25, 0.3) is 5.91 Å². The van der Waals surface area contributed by atoms with E-state index in [1.54, 1.807) is 25.2 Å². The molecule has 0 aliphatic carbocycles. The van der Waals surface area contributed by atoms with Crippen LogP contribution in [0.5, 0.6) is 5.75 Å². The van der Waals surface area contributed by atoms with Gasteiger partial charge in [-0.05, 0) is 42.8 Å². The molecule has 8 heteroatoms. The number of hydrogen-bond donors (Lipinski definition) is 0. The second-order valence-electron chi connectivity index (χ2n) is 7.16. The lowest BCUT2D eigenvalue weighted by atomic mass is 10.1. The van der Waals surface area contributed by atoms with Crippen LogP contribution in [0.4, 0.5) is 5.69 Å². The monoisotopic (exact) mass is 418 g/mol. The van der Waals surface area contributed by atoms with Gasteiger partial charge in [-0.3, -0.25) is 14.0 Å². The van der Waals surface area contributed by atoms with Crippen LogP contribution in [-0.4, -0.2) is 45.7 Å². The summed E-state index contributed by atoms with van der Waals surface area (Å²) in [4.78, 5) is 26.2. The quantitative estimate of drug-likeness (QED) is 0.373. The zero-order chi connectivity index (χ0) is 20.8. The molecule has 0 bridgehead atoms. The average Bonchev–Trinajstić information content (AvgIpc) is 3.17. The fraction of sp³-hybridized carbons (Fsp3) is 0.182.